The van der Waals surface area contributed by atoms with Gasteiger partial charge in [-0.05, 0) is 19.1 Å². The summed E-state index contributed by atoms with van der Waals surface area (Å²) in [5, 5.41) is 3.20. The molecule has 1 aromatic carbocycles. The molecule has 1 N–H and O–H groups in total. The molecule has 0 aliphatic carbocycles. The number of anilines is 1. The minimum Gasteiger partial charge on any atom is -0.435 e. The number of carbonyl (C=O) groups is 1. The van der Waals surface area contributed by atoms with Crippen molar-refractivity contribution in [2.75, 3.05) is 5.32 Å². The van der Waals surface area contributed by atoms with Crippen molar-refractivity contribution in [2.45, 2.75) is 19.4 Å². The molecule has 1 atom stereocenters. The Bertz CT molecular complexity index is 322. The smallest absolute Gasteiger partial charge is 0.312 e. The zero-order valence-electron chi connectivity index (χ0n) is 8.77. The van der Waals surface area contributed by atoms with E-state index in [1.807, 2.05) is 37.3 Å². The van der Waals surface area contributed by atoms with E-state index in [0.29, 0.717) is 6.42 Å². The van der Waals surface area contributed by atoms with Gasteiger partial charge in [0.1, 0.15) is 0 Å². The molecule has 80 valence electrons. The van der Waals surface area contributed by atoms with Crippen molar-refractivity contribution in [2.24, 2.45) is 0 Å². The number of para-hydroxylation sites is 1. The van der Waals surface area contributed by atoms with Crippen LogP contribution in [-0.4, -0.2) is 12.0 Å². The van der Waals surface area contributed by atoms with Crippen LogP contribution in [-0.2, 0) is 9.53 Å². The number of hydrogen-bond donors (Lipinski definition) is 1. The second-order valence-electron chi connectivity index (χ2n) is 3.27. The van der Waals surface area contributed by atoms with Gasteiger partial charge in [0.05, 0.1) is 12.7 Å². The van der Waals surface area contributed by atoms with Crippen LogP contribution >= 0.6 is 0 Å². The lowest BCUT2D eigenvalue weighted by molar-refractivity contribution is -0.138. The Kier molecular flexibility index (Phi) is 4.41. The van der Waals surface area contributed by atoms with Gasteiger partial charge in [-0.25, -0.2) is 0 Å². The van der Waals surface area contributed by atoms with Crippen LogP contribution in [0, 0.1) is 0 Å². The quantitative estimate of drug-likeness (QED) is 0.593. The minimum absolute atomic E-state index is 0.0415. The first-order chi connectivity index (χ1) is 7.22. The van der Waals surface area contributed by atoms with Crippen LogP contribution in [0.2, 0.25) is 0 Å². The molecule has 1 unspecified atom stereocenters. The van der Waals surface area contributed by atoms with Gasteiger partial charge in [-0.3, -0.25) is 4.79 Å². The van der Waals surface area contributed by atoms with Gasteiger partial charge in [0.25, 0.3) is 0 Å². The Morgan fingerprint density at radius 2 is 2.20 bits per heavy atom. The Hall–Kier alpha value is -1.77. The highest BCUT2D eigenvalue weighted by Crippen LogP contribution is 2.08. The fourth-order valence-electron chi connectivity index (χ4n) is 1.26. The number of carbonyl (C=O) groups excluding carboxylic acids is 1. The summed E-state index contributed by atoms with van der Waals surface area (Å²) in [5.74, 6) is -0.277. The third-order valence-electron chi connectivity index (χ3n) is 1.87. The van der Waals surface area contributed by atoms with Gasteiger partial charge in [0.15, 0.2) is 0 Å². The summed E-state index contributed by atoms with van der Waals surface area (Å²) in [6.07, 6.45) is 1.47. The van der Waals surface area contributed by atoms with E-state index >= 15 is 0 Å². The summed E-state index contributed by atoms with van der Waals surface area (Å²) in [7, 11) is 0. The standard InChI is InChI=1S/C12H15NO2/c1-3-15-12(14)9-10(2)13-11-7-5-4-6-8-11/h3-8,10,13H,1,9H2,2H3. The third kappa shape index (κ3) is 4.31. The van der Waals surface area contributed by atoms with Crippen LogP contribution in [0.5, 0.6) is 0 Å². The van der Waals surface area contributed by atoms with Gasteiger partial charge in [-0.15, -0.1) is 0 Å². The van der Waals surface area contributed by atoms with Crippen LogP contribution in [0.4, 0.5) is 5.69 Å². The number of hydrogen-bond acceptors (Lipinski definition) is 3. The van der Waals surface area contributed by atoms with Crippen LogP contribution in [0.3, 0.4) is 0 Å². The van der Waals surface area contributed by atoms with E-state index in [0.717, 1.165) is 11.9 Å². The molecule has 0 aliphatic heterocycles. The molecule has 3 heteroatoms. The Balaban J connectivity index is 2.39. The molecular weight excluding hydrogens is 190 g/mol. The average Bonchev–Trinajstić information content (AvgIpc) is 2.19. The first-order valence-electron chi connectivity index (χ1n) is 4.84. The zero-order chi connectivity index (χ0) is 11.1. The van der Waals surface area contributed by atoms with Gasteiger partial charge >= 0.3 is 5.97 Å². The molecule has 0 heterocycles. The molecule has 0 aromatic heterocycles. The number of rotatable bonds is 5. The van der Waals surface area contributed by atoms with E-state index in [1.165, 1.54) is 0 Å². The molecule has 15 heavy (non-hydrogen) atoms. The predicted octanol–water partition coefficient (Wildman–Crippen LogP) is 2.56. The van der Waals surface area contributed by atoms with Crippen LogP contribution in [0.25, 0.3) is 0 Å². The highest BCUT2D eigenvalue weighted by molar-refractivity contribution is 5.71. The second-order valence-corrected chi connectivity index (χ2v) is 3.27. The zero-order valence-corrected chi connectivity index (χ0v) is 8.77. The number of ether oxygens (including phenoxy) is 1. The largest absolute Gasteiger partial charge is 0.435 e. The highest BCUT2D eigenvalue weighted by atomic mass is 16.5. The lowest BCUT2D eigenvalue weighted by Crippen LogP contribution is -2.19. The molecule has 0 amide bonds. The molecule has 3 nitrogen and oxygen atoms in total. The number of nitrogens with one attached hydrogen (secondary N) is 1. The molecule has 0 spiro atoms. The van der Waals surface area contributed by atoms with Crippen LogP contribution in [0.1, 0.15) is 13.3 Å². The van der Waals surface area contributed by atoms with E-state index in [2.05, 4.69) is 16.6 Å². The van der Waals surface area contributed by atoms with Gasteiger partial charge in [0, 0.05) is 11.7 Å². The van der Waals surface area contributed by atoms with Crippen molar-refractivity contribution in [3.63, 3.8) is 0 Å². The Morgan fingerprint density at radius 3 is 2.80 bits per heavy atom. The SMILES string of the molecule is C=COC(=O)CC(C)Nc1ccccc1. The normalized spacial score (nSPS) is 11.5. The van der Waals surface area contributed by atoms with Crippen molar-refractivity contribution in [1.29, 1.82) is 0 Å². The molecule has 0 bridgehead atoms. The van der Waals surface area contributed by atoms with E-state index in [-0.39, 0.29) is 12.0 Å². The average molecular weight is 205 g/mol. The lowest BCUT2D eigenvalue weighted by Gasteiger charge is -2.13. The Labute approximate surface area is 89.8 Å². The van der Waals surface area contributed by atoms with Gasteiger partial charge < -0.3 is 10.1 Å². The molecule has 0 radical (unpaired) electrons. The van der Waals surface area contributed by atoms with E-state index < -0.39 is 0 Å². The molecular formula is C12H15NO2. The molecule has 0 aliphatic rings. The van der Waals surface area contributed by atoms with Gasteiger partial charge in [-0.2, -0.15) is 0 Å². The minimum atomic E-state index is -0.277. The van der Waals surface area contributed by atoms with E-state index in [1.54, 1.807) is 0 Å². The molecule has 1 rings (SSSR count). The summed E-state index contributed by atoms with van der Waals surface area (Å²) in [5.41, 5.74) is 0.997. The van der Waals surface area contributed by atoms with Crippen LogP contribution in [0.15, 0.2) is 43.2 Å². The fraction of sp³-hybridized carbons (Fsp3) is 0.250. The molecule has 0 fully saturated rings. The van der Waals surface area contributed by atoms with Crippen molar-refractivity contribution in [1.82, 2.24) is 0 Å². The summed E-state index contributed by atoms with van der Waals surface area (Å²) >= 11 is 0. The van der Waals surface area contributed by atoms with Gasteiger partial charge in [-0.1, -0.05) is 24.8 Å². The topological polar surface area (TPSA) is 38.3 Å². The second kappa shape index (κ2) is 5.86. The first-order valence-corrected chi connectivity index (χ1v) is 4.84. The predicted molar refractivity (Wildman–Crippen MR) is 60.4 cm³/mol. The molecule has 0 saturated carbocycles. The van der Waals surface area contributed by atoms with Crippen molar-refractivity contribution in [3.05, 3.63) is 43.2 Å². The Morgan fingerprint density at radius 1 is 1.53 bits per heavy atom. The maximum Gasteiger partial charge on any atom is 0.312 e. The highest BCUT2D eigenvalue weighted by Gasteiger charge is 2.08. The van der Waals surface area contributed by atoms with E-state index in [4.69, 9.17) is 0 Å². The van der Waals surface area contributed by atoms with Crippen molar-refractivity contribution in [3.8, 4) is 0 Å². The molecule has 1 aromatic rings. The fourth-order valence-corrected chi connectivity index (χ4v) is 1.26. The summed E-state index contributed by atoms with van der Waals surface area (Å²) in [6.45, 7) is 5.26. The summed E-state index contributed by atoms with van der Waals surface area (Å²) in [4.78, 5) is 11.1. The maximum atomic E-state index is 11.1. The number of benzene rings is 1. The van der Waals surface area contributed by atoms with Gasteiger partial charge in [0.2, 0.25) is 0 Å². The van der Waals surface area contributed by atoms with E-state index in [9.17, 15) is 4.79 Å². The van der Waals surface area contributed by atoms with Crippen LogP contribution < -0.4 is 5.32 Å². The number of esters is 1. The van der Waals surface area contributed by atoms with Crippen molar-refractivity contribution < 1.29 is 9.53 Å². The van der Waals surface area contributed by atoms with Crippen molar-refractivity contribution >= 4 is 11.7 Å². The monoisotopic (exact) mass is 205 g/mol. The summed E-state index contributed by atoms with van der Waals surface area (Å²) < 4.78 is 4.64. The molecule has 0 saturated heterocycles. The maximum absolute atomic E-state index is 11.1. The first kappa shape index (κ1) is 11.3. The summed E-state index contributed by atoms with van der Waals surface area (Å²) in [6, 6.07) is 9.78. The third-order valence-corrected chi connectivity index (χ3v) is 1.87. The lowest BCUT2D eigenvalue weighted by atomic mass is 10.2.